The average Bonchev–Trinajstić information content (AvgIpc) is 2.85. The molecular formula is C28H39FN6O. The highest BCUT2D eigenvalue weighted by atomic mass is 19.1. The zero-order chi connectivity index (χ0) is 26.5. The Morgan fingerprint density at radius 3 is 2.44 bits per heavy atom. The molecule has 2 rings (SSSR count). The van der Waals surface area contributed by atoms with Crippen LogP contribution in [-0.2, 0) is 17.8 Å². The summed E-state index contributed by atoms with van der Waals surface area (Å²) in [6.07, 6.45) is 5.50. The van der Waals surface area contributed by atoms with E-state index in [9.17, 15) is 9.18 Å². The molecule has 194 valence electrons. The van der Waals surface area contributed by atoms with E-state index in [0.717, 1.165) is 17.6 Å². The largest absolute Gasteiger partial charge is 0.405 e. The van der Waals surface area contributed by atoms with Gasteiger partial charge in [0.1, 0.15) is 5.82 Å². The van der Waals surface area contributed by atoms with Crippen LogP contribution in [0.5, 0.6) is 0 Å². The highest BCUT2D eigenvalue weighted by molar-refractivity contribution is 5.81. The summed E-state index contributed by atoms with van der Waals surface area (Å²) < 4.78 is 14.4. The van der Waals surface area contributed by atoms with Crippen molar-refractivity contribution in [3.05, 3.63) is 101 Å². The summed E-state index contributed by atoms with van der Waals surface area (Å²) in [7, 11) is 3.62. The maximum atomic E-state index is 14.4. The monoisotopic (exact) mass is 494 g/mol. The number of hydrogen-bond acceptors (Lipinski definition) is 6. The van der Waals surface area contributed by atoms with Crippen molar-refractivity contribution in [3.8, 4) is 0 Å². The first-order valence-electron chi connectivity index (χ1n) is 12.1. The van der Waals surface area contributed by atoms with Gasteiger partial charge in [0.25, 0.3) is 0 Å². The molecule has 7 nitrogen and oxygen atoms in total. The maximum Gasteiger partial charge on any atom is 0.229 e. The molecule has 0 aliphatic rings. The van der Waals surface area contributed by atoms with E-state index in [1.807, 2.05) is 44.4 Å². The molecule has 2 aromatic carbocycles. The van der Waals surface area contributed by atoms with E-state index >= 15 is 0 Å². The van der Waals surface area contributed by atoms with Gasteiger partial charge in [0.05, 0.1) is 11.6 Å². The lowest BCUT2D eigenvalue weighted by Gasteiger charge is -2.24. The van der Waals surface area contributed by atoms with E-state index in [0.29, 0.717) is 23.5 Å². The highest BCUT2D eigenvalue weighted by Gasteiger charge is 2.22. The standard InChI is InChI=1S/C28H39FN6O/c1-19(12-21-8-6-5-7-9-21)35-27(26(31)10-11-30)20(2)28(36)34-16-22-13-23(15-25(29)14-22)24(17-32-3)18-33-4/h5-11,13-15,17,19-20,32-33,35H,12,16,18,30-31H2,1-4H3,(H,34,36)/b11-10-,24-17+,27-26-. The SMILES string of the molecule is CN/C=C(\CNC)c1cc(F)cc(CNC(=O)C(C)/C(NC(C)Cc2ccccc2)=C(N)\C=C/N)c1. The van der Waals surface area contributed by atoms with Crippen LogP contribution in [0.3, 0.4) is 0 Å². The van der Waals surface area contributed by atoms with Gasteiger partial charge in [-0.2, -0.15) is 0 Å². The van der Waals surface area contributed by atoms with Crippen molar-refractivity contribution in [2.45, 2.75) is 32.9 Å². The molecule has 36 heavy (non-hydrogen) atoms. The summed E-state index contributed by atoms with van der Waals surface area (Å²) in [6, 6.07) is 14.9. The number of likely N-dealkylation sites (N-methyl/N-ethyl adjacent to an activating group) is 1. The quantitative estimate of drug-likeness (QED) is 0.239. The zero-order valence-electron chi connectivity index (χ0n) is 21.6. The second-order valence-electron chi connectivity index (χ2n) is 8.74. The topological polar surface area (TPSA) is 117 Å². The number of nitrogens with one attached hydrogen (secondary N) is 4. The van der Waals surface area contributed by atoms with Gasteiger partial charge in [-0.05, 0) is 80.1 Å². The van der Waals surface area contributed by atoms with Crippen LogP contribution in [0.4, 0.5) is 4.39 Å². The molecule has 1 amide bonds. The Bertz CT molecular complexity index is 1080. The van der Waals surface area contributed by atoms with Crippen molar-refractivity contribution in [2.75, 3.05) is 20.6 Å². The molecule has 0 radical (unpaired) electrons. The van der Waals surface area contributed by atoms with Crippen LogP contribution in [-0.4, -0.2) is 32.6 Å². The molecule has 0 aliphatic heterocycles. The van der Waals surface area contributed by atoms with Gasteiger partial charge in [-0.3, -0.25) is 4.79 Å². The van der Waals surface area contributed by atoms with E-state index in [1.165, 1.54) is 23.9 Å². The Kier molecular flexibility index (Phi) is 11.5. The van der Waals surface area contributed by atoms with Crippen molar-refractivity contribution in [3.63, 3.8) is 0 Å². The first-order valence-corrected chi connectivity index (χ1v) is 12.1. The van der Waals surface area contributed by atoms with Gasteiger partial charge in [0.15, 0.2) is 0 Å². The number of nitrogens with two attached hydrogens (primary N) is 2. The van der Waals surface area contributed by atoms with E-state index in [2.05, 4.69) is 33.4 Å². The zero-order valence-corrected chi connectivity index (χ0v) is 21.6. The summed E-state index contributed by atoms with van der Waals surface area (Å²) in [5, 5.41) is 12.4. The normalized spacial score (nSPS) is 14.2. The molecule has 2 aromatic rings. The van der Waals surface area contributed by atoms with Crippen molar-refractivity contribution >= 4 is 11.5 Å². The Morgan fingerprint density at radius 1 is 1.08 bits per heavy atom. The first-order chi connectivity index (χ1) is 17.3. The van der Waals surface area contributed by atoms with E-state index in [1.54, 1.807) is 20.0 Å². The Morgan fingerprint density at radius 2 is 1.81 bits per heavy atom. The van der Waals surface area contributed by atoms with Gasteiger partial charge in [-0.25, -0.2) is 4.39 Å². The van der Waals surface area contributed by atoms with Crippen molar-refractivity contribution in [1.82, 2.24) is 21.3 Å². The van der Waals surface area contributed by atoms with Crippen molar-refractivity contribution in [1.29, 1.82) is 0 Å². The maximum absolute atomic E-state index is 14.4. The number of halogens is 1. The summed E-state index contributed by atoms with van der Waals surface area (Å²) in [5.41, 5.74) is 16.3. The van der Waals surface area contributed by atoms with Crippen LogP contribution in [0.15, 0.2) is 78.4 Å². The minimum absolute atomic E-state index is 0.0257. The molecule has 8 N–H and O–H groups in total. The molecule has 2 unspecified atom stereocenters. The molecule has 0 aromatic heterocycles. The first kappa shape index (κ1) is 28.5. The van der Waals surface area contributed by atoms with Crippen molar-refractivity contribution < 1.29 is 9.18 Å². The molecule has 0 fully saturated rings. The van der Waals surface area contributed by atoms with Crippen molar-refractivity contribution in [2.24, 2.45) is 17.4 Å². The van der Waals surface area contributed by atoms with Gasteiger partial charge >= 0.3 is 0 Å². The lowest BCUT2D eigenvalue weighted by atomic mass is 10.0. The van der Waals surface area contributed by atoms with Gasteiger partial charge in [-0.15, -0.1) is 0 Å². The van der Waals surface area contributed by atoms with E-state index < -0.39 is 5.92 Å². The lowest BCUT2D eigenvalue weighted by Crippen LogP contribution is -2.38. The number of rotatable bonds is 13. The number of amides is 1. The summed E-state index contributed by atoms with van der Waals surface area (Å²) in [5.74, 6) is -1.17. The average molecular weight is 495 g/mol. The highest BCUT2D eigenvalue weighted by Crippen LogP contribution is 2.18. The number of allylic oxidation sites excluding steroid dienone is 1. The Labute approximate surface area is 213 Å². The summed E-state index contributed by atoms with van der Waals surface area (Å²) in [4.78, 5) is 13.1. The molecule has 0 heterocycles. The lowest BCUT2D eigenvalue weighted by molar-refractivity contribution is -0.123. The third-order valence-corrected chi connectivity index (χ3v) is 5.68. The minimum Gasteiger partial charge on any atom is -0.405 e. The van der Waals surface area contributed by atoms with Crippen LogP contribution >= 0.6 is 0 Å². The molecule has 0 saturated heterocycles. The van der Waals surface area contributed by atoms with Gasteiger partial charge in [0, 0.05) is 38.1 Å². The summed E-state index contributed by atoms with van der Waals surface area (Å²) in [6.45, 7) is 4.57. The molecule has 0 saturated carbocycles. The molecule has 8 heteroatoms. The number of benzene rings is 2. The Balaban J connectivity index is 2.15. The number of carbonyl (C=O) groups excluding carboxylic acids is 1. The number of carbonyl (C=O) groups is 1. The van der Waals surface area contributed by atoms with Gasteiger partial charge in [-0.1, -0.05) is 30.3 Å². The second-order valence-corrected chi connectivity index (χ2v) is 8.74. The second kappa shape index (κ2) is 14.6. The molecule has 0 spiro atoms. The third-order valence-electron chi connectivity index (χ3n) is 5.68. The van der Waals surface area contributed by atoms with Crippen LogP contribution in [0, 0.1) is 11.7 Å². The third kappa shape index (κ3) is 8.78. The van der Waals surface area contributed by atoms with Gasteiger partial charge < -0.3 is 32.7 Å². The molecular weight excluding hydrogens is 455 g/mol. The predicted octanol–water partition coefficient (Wildman–Crippen LogP) is 2.72. The minimum atomic E-state index is -0.573. The van der Waals surface area contributed by atoms with Crippen LogP contribution in [0.2, 0.25) is 0 Å². The fourth-order valence-electron chi connectivity index (χ4n) is 3.95. The molecule has 0 aliphatic carbocycles. The van der Waals surface area contributed by atoms with Crippen LogP contribution in [0.25, 0.3) is 5.57 Å². The fourth-order valence-corrected chi connectivity index (χ4v) is 3.95. The van der Waals surface area contributed by atoms with E-state index in [-0.39, 0.29) is 24.3 Å². The summed E-state index contributed by atoms with van der Waals surface area (Å²) >= 11 is 0. The smallest absolute Gasteiger partial charge is 0.229 e. The molecule has 0 bridgehead atoms. The number of hydrogen-bond donors (Lipinski definition) is 6. The van der Waals surface area contributed by atoms with Gasteiger partial charge in [0.2, 0.25) is 5.91 Å². The van der Waals surface area contributed by atoms with Crippen LogP contribution in [0.1, 0.15) is 30.5 Å². The van der Waals surface area contributed by atoms with E-state index in [4.69, 9.17) is 11.5 Å². The predicted molar refractivity (Wildman–Crippen MR) is 146 cm³/mol. The fraction of sp³-hybridized carbons (Fsp3) is 0.321. The van der Waals surface area contributed by atoms with Crippen LogP contribution < -0.4 is 32.7 Å². The Hall–Kier alpha value is -3.78. The molecule has 2 atom stereocenters.